The predicted octanol–water partition coefficient (Wildman–Crippen LogP) is 1.56. The minimum Gasteiger partial charge on any atom is -0.355 e. The fourth-order valence-corrected chi connectivity index (χ4v) is 2.68. The molecule has 1 amide bonds. The molecule has 3 rings (SSSR count). The van der Waals surface area contributed by atoms with Gasteiger partial charge in [-0.25, -0.2) is 0 Å². The highest BCUT2D eigenvalue weighted by atomic mass is 16.5. The Morgan fingerprint density at radius 3 is 2.62 bits per heavy atom. The van der Waals surface area contributed by atoms with Crippen LogP contribution in [0.1, 0.15) is 24.3 Å². The molecule has 2 atom stereocenters. The van der Waals surface area contributed by atoms with Gasteiger partial charge in [-0.05, 0) is 26.0 Å². The molecule has 1 saturated heterocycles. The van der Waals surface area contributed by atoms with E-state index < -0.39 is 0 Å². The number of carbonyl (C=O) groups is 1. The standard InChI is InChI=1S/C15H18N4O2/c1-10-8-19(9-11(2)17-10)15(20)13-7-14(21-18-13)12-3-5-16-6-4-12/h3-7,10-11,17H,8-9H2,1-2H3. The molecule has 6 nitrogen and oxygen atoms in total. The molecule has 2 aromatic heterocycles. The lowest BCUT2D eigenvalue weighted by Gasteiger charge is -2.35. The molecule has 1 N–H and O–H groups in total. The summed E-state index contributed by atoms with van der Waals surface area (Å²) in [6, 6.07) is 5.90. The van der Waals surface area contributed by atoms with E-state index in [9.17, 15) is 4.79 Å². The molecule has 0 radical (unpaired) electrons. The minimum atomic E-state index is -0.0840. The van der Waals surface area contributed by atoms with Crippen molar-refractivity contribution in [1.82, 2.24) is 20.4 Å². The van der Waals surface area contributed by atoms with Crippen LogP contribution in [0.2, 0.25) is 0 Å². The molecular weight excluding hydrogens is 268 g/mol. The summed E-state index contributed by atoms with van der Waals surface area (Å²) in [6.07, 6.45) is 3.36. The summed E-state index contributed by atoms with van der Waals surface area (Å²) in [5.74, 6) is 0.497. The third-order valence-corrected chi connectivity index (χ3v) is 3.54. The molecule has 0 aromatic carbocycles. The Balaban J connectivity index is 1.78. The van der Waals surface area contributed by atoms with Gasteiger partial charge in [0.05, 0.1) is 0 Å². The fraction of sp³-hybridized carbons (Fsp3) is 0.400. The van der Waals surface area contributed by atoms with E-state index in [4.69, 9.17) is 4.52 Å². The van der Waals surface area contributed by atoms with E-state index in [2.05, 4.69) is 29.3 Å². The van der Waals surface area contributed by atoms with Crippen LogP contribution >= 0.6 is 0 Å². The molecule has 1 fully saturated rings. The molecule has 2 unspecified atom stereocenters. The van der Waals surface area contributed by atoms with Crippen molar-refractivity contribution in [3.63, 3.8) is 0 Å². The summed E-state index contributed by atoms with van der Waals surface area (Å²) in [5, 5.41) is 7.31. The number of nitrogens with zero attached hydrogens (tertiary/aromatic N) is 3. The monoisotopic (exact) mass is 286 g/mol. The van der Waals surface area contributed by atoms with Crippen LogP contribution in [0.4, 0.5) is 0 Å². The topological polar surface area (TPSA) is 71.3 Å². The van der Waals surface area contributed by atoms with Gasteiger partial charge in [-0.3, -0.25) is 9.78 Å². The predicted molar refractivity (Wildman–Crippen MR) is 77.7 cm³/mol. The van der Waals surface area contributed by atoms with Crippen molar-refractivity contribution < 1.29 is 9.32 Å². The Morgan fingerprint density at radius 2 is 1.95 bits per heavy atom. The largest absolute Gasteiger partial charge is 0.355 e. The number of amides is 1. The molecule has 3 heterocycles. The Hall–Kier alpha value is -2.21. The zero-order valence-corrected chi connectivity index (χ0v) is 12.1. The van der Waals surface area contributed by atoms with Gasteiger partial charge in [0.2, 0.25) is 0 Å². The lowest BCUT2D eigenvalue weighted by atomic mass is 10.1. The van der Waals surface area contributed by atoms with Gasteiger partial charge in [-0.15, -0.1) is 0 Å². The highest BCUT2D eigenvalue weighted by molar-refractivity contribution is 5.93. The van der Waals surface area contributed by atoms with Gasteiger partial charge < -0.3 is 14.7 Å². The van der Waals surface area contributed by atoms with Crippen LogP contribution in [-0.4, -0.2) is 46.1 Å². The van der Waals surface area contributed by atoms with Gasteiger partial charge >= 0.3 is 0 Å². The average molecular weight is 286 g/mol. The van der Waals surface area contributed by atoms with Crippen LogP contribution in [0.15, 0.2) is 35.1 Å². The van der Waals surface area contributed by atoms with E-state index in [0.29, 0.717) is 24.5 Å². The van der Waals surface area contributed by atoms with E-state index in [1.807, 2.05) is 17.0 Å². The zero-order valence-electron chi connectivity index (χ0n) is 12.1. The molecule has 2 aromatic rings. The second-order valence-corrected chi connectivity index (χ2v) is 5.49. The summed E-state index contributed by atoms with van der Waals surface area (Å²) in [7, 11) is 0. The van der Waals surface area contributed by atoms with E-state index in [1.165, 1.54) is 0 Å². The molecule has 21 heavy (non-hydrogen) atoms. The Labute approximate surface area is 123 Å². The molecule has 1 aliphatic heterocycles. The van der Waals surface area contributed by atoms with Crippen molar-refractivity contribution in [3.8, 4) is 11.3 Å². The number of nitrogens with one attached hydrogen (secondary N) is 1. The SMILES string of the molecule is CC1CN(C(=O)c2cc(-c3ccncc3)on2)CC(C)N1. The third-order valence-electron chi connectivity index (χ3n) is 3.54. The Morgan fingerprint density at radius 1 is 1.29 bits per heavy atom. The third kappa shape index (κ3) is 2.95. The van der Waals surface area contributed by atoms with E-state index >= 15 is 0 Å². The maximum atomic E-state index is 12.5. The average Bonchev–Trinajstić information content (AvgIpc) is 2.96. The molecule has 6 heteroatoms. The van der Waals surface area contributed by atoms with E-state index in [0.717, 1.165) is 5.56 Å². The van der Waals surface area contributed by atoms with Crippen LogP contribution in [0, 0.1) is 0 Å². The molecule has 1 aliphatic rings. The normalized spacial score (nSPS) is 22.3. The first-order chi connectivity index (χ1) is 10.1. The van der Waals surface area contributed by atoms with Crippen molar-refractivity contribution in [2.24, 2.45) is 0 Å². The highest BCUT2D eigenvalue weighted by Crippen LogP contribution is 2.20. The highest BCUT2D eigenvalue weighted by Gasteiger charge is 2.27. The quantitative estimate of drug-likeness (QED) is 0.907. The summed E-state index contributed by atoms with van der Waals surface area (Å²) in [6.45, 7) is 5.50. The molecule has 110 valence electrons. The number of piperazine rings is 1. The first-order valence-corrected chi connectivity index (χ1v) is 7.06. The number of hydrogen-bond donors (Lipinski definition) is 1. The molecule has 0 saturated carbocycles. The minimum absolute atomic E-state index is 0.0840. The summed E-state index contributed by atoms with van der Waals surface area (Å²) < 4.78 is 5.28. The van der Waals surface area contributed by atoms with Crippen LogP contribution < -0.4 is 5.32 Å². The van der Waals surface area contributed by atoms with E-state index in [-0.39, 0.29) is 18.0 Å². The molecular formula is C15H18N4O2. The number of hydrogen-bond acceptors (Lipinski definition) is 5. The van der Waals surface area contributed by atoms with Crippen molar-refractivity contribution in [2.45, 2.75) is 25.9 Å². The van der Waals surface area contributed by atoms with E-state index in [1.54, 1.807) is 18.5 Å². The second-order valence-electron chi connectivity index (χ2n) is 5.49. The summed E-state index contributed by atoms with van der Waals surface area (Å²) >= 11 is 0. The van der Waals surface area contributed by atoms with Crippen LogP contribution in [0.3, 0.4) is 0 Å². The van der Waals surface area contributed by atoms with Gasteiger partial charge in [0.15, 0.2) is 11.5 Å². The second kappa shape index (κ2) is 5.65. The van der Waals surface area contributed by atoms with Crippen molar-refractivity contribution in [1.29, 1.82) is 0 Å². The van der Waals surface area contributed by atoms with Crippen molar-refractivity contribution in [2.75, 3.05) is 13.1 Å². The number of pyridine rings is 1. The smallest absolute Gasteiger partial charge is 0.276 e. The maximum absolute atomic E-state index is 12.5. The molecule has 0 aliphatic carbocycles. The van der Waals surface area contributed by atoms with Crippen LogP contribution in [-0.2, 0) is 0 Å². The number of carbonyl (C=O) groups excluding carboxylic acids is 1. The first kappa shape index (κ1) is 13.8. The fourth-order valence-electron chi connectivity index (χ4n) is 2.68. The molecule has 0 bridgehead atoms. The lowest BCUT2D eigenvalue weighted by Crippen LogP contribution is -2.55. The Bertz CT molecular complexity index is 616. The van der Waals surface area contributed by atoms with Crippen LogP contribution in [0.25, 0.3) is 11.3 Å². The van der Waals surface area contributed by atoms with Gasteiger partial charge in [-0.1, -0.05) is 5.16 Å². The van der Waals surface area contributed by atoms with Gasteiger partial charge in [-0.2, -0.15) is 0 Å². The maximum Gasteiger partial charge on any atom is 0.276 e. The number of aromatic nitrogens is 2. The zero-order chi connectivity index (χ0) is 14.8. The lowest BCUT2D eigenvalue weighted by molar-refractivity contribution is 0.0663. The summed E-state index contributed by atoms with van der Waals surface area (Å²) in [4.78, 5) is 18.3. The number of rotatable bonds is 2. The van der Waals surface area contributed by atoms with Gasteiger partial charge in [0, 0.05) is 49.2 Å². The van der Waals surface area contributed by atoms with Crippen LogP contribution in [0.5, 0.6) is 0 Å². The molecule has 0 spiro atoms. The van der Waals surface area contributed by atoms with Crippen molar-refractivity contribution in [3.05, 3.63) is 36.3 Å². The Kier molecular flexibility index (Phi) is 3.70. The van der Waals surface area contributed by atoms with Gasteiger partial charge in [0.1, 0.15) is 0 Å². The van der Waals surface area contributed by atoms with Crippen molar-refractivity contribution >= 4 is 5.91 Å². The summed E-state index contributed by atoms with van der Waals surface area (Å²) in [5.41, 5.74) is 1.21. The first-order valence-electron chi connectivity index (χ1n) is 7.06. The van der Waals surface area contributed by atoms with Gasteiger partial charge in [0.25, 0.3) is 5.91 Å².